The third kappa shape index (κ3) is 5.96. The van der Waals surface area contributed by atoms with E-state index in [1.54, 1.807) is 12.2 Å². The van der Waals surface area contributed by atoms with Gasteiger partial charge in [0.05, 0.1) is 0 Å². The van der Waals surface area contributed by atoms with E-state index < -0.39 is 8.32 Å². The van der Waals surface area contributed by atoms with E-state index >= 15 is 0 Å². The van der Waals surface area contributed by atoms with Crippen molar-refractivity contribution in [2.45, 2.75) is 65.3 Å². The first-order chi connectivity index (χ1) is 7.39. The van der Waals surface area contributed by atoms with Crippen LogP contribution in [-0.2, 0) is 9.16 Å². The Hall–Kier alpha value is -0.703. The average Bonchev–Trinajstić information content (AvgIpc) is 1.97. The molecule has 0 rings (SSSR count). The van der Waals surface area contributed by atoms with Gasteiger partial charge in [0.25, 0.3) is 14.3 Å². The summed E-state index contributed by atoms with van der Waals surface area (Å²) in [4.78, 5) is 0. The predicted molar refractivity (Wildman–Crippen MR) is 77.4 cm³/mol. The fraction of sp³-hybridized carbons (Fsp3) is 0.714. The van der Waals surface area contributed by atoms with Crippen LogP contribution in [0.4, 0.5) is 0 Å². The molecule has 0 saturated heterocycles. The number of rotatable bonds is 4. The molecule has 17 heavy (non-hydrogen) atoms. The van der Waals surface area contributed by atoms with Gasteiger partial charge in [-0.1, -0.05) is 33.4 Å². The quantitative estimate of drug-likeness (QED) is 0.406. The van der Waals surface area contributed by atoms with Gasteiger partial charge in [-0.05, 0) is 38.9 Å². The molecule has 0 saturated carbocycles. The molecular weight excluding hydrogens is 228 g/mol. The Morgan fingerprint density at radius 1 is 1.06 bits per heavy atom. The average molecular weight is 256 g/mol. The van der Waals surface area contributed by atoms with Gasteiger partial charge in [-0.15, -0.1) is 0 Å². The van der Waals surface area contributed by atoms with E-state index in [4.69, 9.17) is 9.16 Å². The highest BCUT2D eigenvalue weighted by molar-refractivity contribution is 6.74. The Labute approximate surface area is 108 Å². The van der Waals surface area contributed by atoms with Crippen molar-refractivity contribution in [1.82, 2.24) is 0 Å². The molecule has 3 heteroatoms. The van der Waals surface area contributed by atoms with E-state index in [2.05, 4.69) is 40.4 Å². The lowest BCUT2D eigenvalue weighted by Crippen LogP contribution is -2.41. The van der Waals surface area contributed by atoms with Crippen molar-refractivity contribution in [3.05, 3.63) is 24.7 Å². The number of hydrogen-bond acceptors (Lipinski definition) is 2. The highest BCUT2D eigenvalue weighted by Gasteiger charge is 2.40. The second-order valence-electron chi connectivity index (χ2n) is 6.80. The maximum absolute atomic E-state index is 6.13. The number of hydrogen-bond donors (Lipinski definition) is 0. The van der Waals surface area contributed by atoms with Crippen molar-refractivity contribution in [3.63, 3.8) is 0 Å². The summed E-state index contributed by atoms with van der Waals surface area (Å²) in [6, 6.07) is 0. The summed E-state index contributed by atoms with van der Waals surface area (Å²) in [5.41, 5.74) is -0.253. The molecule has 0 heterocycles. The normalized spacial score (nSPS) is 14.5. The summed E-state index contributed by atoms with van der Waals surface area (Å²) >= 11 is 0. The zero-order chi connectivity index (χ0) is 13.9. The minimum Gasteiger partial charge on any atom is -0.519 e. The highest BCUT2D eigenvalue weighted by atomic mass is 28.4. The Balaban J connectivity index is 4.92. The van der Waals surface area contributed by atoms with Crippen molar-refractivity contribution < 1.29 is 9.16 Å². The lowest BCUT2D eigenvalue weighted by Gasteiger charge is -2.38. The van der Waals surface area contributed by atoms with Crippen LogP contribution >= 0.6 is 0 Å². The van der Waals surface area contributed by atoms with Crippen molar-refractivity contribution in [1.29, 1.82) is 0 Å². The van der Waals surface area contributed by atoms with Crippen LogP contribution in [0, 0.1) is 0 Å². The van der Waals surface area contributed by atoms with Gasteiger partial charge in [0.1, 0.15) is 5.60 Å². The largest absolute Gasteiger partial charge is 0.519 e. The molecule has 0 fully saturated rings. The van der Waals surface area contributed by atoms with Crippen molar-refractivity contribution >= 4 is 8.32 Å². The van der Waals surface area contributed by atoms with Crippen LogP contribution in [0.15, 0.2) is 24.7 Å². The lowest BCUT2D eigenvalue weighted by atomic mass is 10.2. The van der Waals surface area contributed by atoms with Crippen LogP contribution in [0.25, 0.3) is 0 Å². The SMILES string of the molecule is C=CC=C(OC(C)(C)C)O[Si](C)(C)C(C)(C)C. The summed E-state index contributed by atoms with van der Waals surface area (Å²) in [5.74, 6) is 0.582. The van der Waals surface area contributed by atoms with E-state index in [1.165, 1.54) is 0 Å². The lowest BCUT2D eigenvalue weighted by molar-refractivity contribution is -0.00996. The van der Waals surface area contributed by atoms with E-state index in [9.17, 15) is 0 Å². The first-order valence-electron chi connectivity index (χ1n) is 6.10. The summed E-state index contributed by atoms with van der Waals surface area (Å²) < 4.78 is 11.9. The summed E-state index contributed by atoms with van der Waals surface area (Å²) in [6.45, 7) is 20.8. The van der Waals surface area contributed by atoms with Crippen molar-refractivity contribution in [2.24, 2.45) is 0 Å². The Morgan fingerprint density at radius 3 is 1.82 bits per heavy atom. The minimum atomic E-state index is -1.85. The maximum atomic E-state index is 6.13. The van der Waals surface area contributed by atoms with E-state index in [0.29, 0.717) is 5.95 Å². The second-order valence-corrected chi connectivity index (χ2v) is 11.5. The van der Waals surface area contributed by atoms with Crippen molar-refractivity contribution in [2.75, 3.05) is 0 Å². The standard InChI is InChI=1S/C14H28O2Si/c1-10-11-12(15-13(2,3)4)16-17(8,9)14(5,6)7/h10-11H,1H2,2-9H3. The molecule has 0 N–H and O–H groups in total. The monoisotopic (exact) mass is 256 g/mol. The topological polar surface area (TPSA) is 18.5 Å². The molecule has 0 radical (unpaired) electrons. The molecule has 0 spiro atoms. The second kappa shape index (κ2) is 5.30. The molecule has 0 aliphatic rings. The number of allylic oxidation sites excluding steroid dienone is 2. The maximum Gasteiger partial charge on any atom is 0.265 e. The van der Waals surface area contributed by atoms with Gasteiger partial charge >= 0.3 is 0 Å². The first-order valence-corrected chi connectivity index (χ1v) is 9.01. The van der Waals surface area contributed by atoms with Gasteiger partial charge in [0.2, 0.25) is 0 Å². The molecule has 0 aliphatic heterocycles. The smallest absolute Gasteiger partial charge is 0.265 e. The van der Waals surface area contributed by atoms with Gasteiger partial charge < -0.3 is 9.16 Å². The van der Waals surface area contributed by atoms with Gasteiger partial charge in [-0.25, -0.2) is 0 Å². The minimum absolute atomic E-state index is 0.161. The molecule has 2 nitrogen and oxygen atoms in total. The summed E-state index contributed by atoms with van der Waals surface area (Å²) in [5, 5.41) is 0.161. The summed E-state index contributed by atoms with van der Waals surface area (Å²) in [7, 11) is -1.85. The number of ether oxygens (including phenoxy) is 1. The van der Waals surface area contributed by atoms with Crippen molar-refractivity contribution in [3.8, 4) is 0 Å². The van der Waals surface area contributed by atoms with Crippen LogP contribution in [0.2, 0.25) is 18.1 Å². The van der Waals surface area contributed by atoms with Gasteiger partial charge in [0.15, 0.2) is 0 Å². The molecule has 0 aromatic heterocycles. The molecule has 0 aromatic carbocycles. The Bertz CT molecular complexity index is 290. The third-order valence-corrected chi connectivity index (χ3v) is 7.15. The zero-order valence-corrected chi connectivity index (χ0v) is 13.7. The Morgan fingerprint density at radius 2 is 1.53 bits per heavy atom. The van der Waals surface area contributed by atoms with E-state index in [0.717, 1.165) is 0 Å². The predicted octanol–water partition coefficient (Wildman–Crippen LogP) is 4.85. The van der Waals surface area contributed by atoms with Gasteiger partial charge in [-0.2, -0.15) is 0 Å². The van der Waals surface area contributed by atoms with Crippen LogP contribution in [0.5, 0.6) is 0 Å². The molecule has 0 atom stereocenters. The Kier molecular flexibility index (Phi) is 5.08. The molecular formula is C14H28O2Si. The summed E-state index contributed by atoms with van der Waals surface area (Å²) in [6.07, 6.45) is 3.50. The highest BCUT2D eigenvalue weighted by Crippen LogP contribution is 2.38. The van der Waals surface area contributed by atoms with Crippen LogP contribution < -0.4 is 0 Å². The fourth-order valence-corrected chi connectivity index (χ4v) is 1.81. The molecule has 0 aliphatic carbocycles. The molecule has 0 aromatic rings. The van der Waals surface area contributed by atoms with Crippen LogP contribution in [-0.4, -0.2) is 13.9 Å². The molecule has 100 valence electrons. The molecule has 0 unspecified atom stereocenters. The molecule has 0 amide bonds. The van der Waals surface area contributed by atoms with Gasteiger partial charge in [-0.3, -0.25) is 0 Å². The fourth-order valence-electron chi connectivity index (χ4n) is 0.891. The first kappa shape index (κ1) is 16.3. The molecule has 0 bridgehead atoms. The third-order valence-electron chi connectivity index (χ3n) is 2.82. The van der Waals surface area contributed by atoms with Gasteiger partial charge in [0, 0.05) is 6.08 Å². The van der Waals surface area contributed by atoms with Crippen LogP contribution in [0.3, 0.4) is 0 Å². The zero-order valence-electron chi connectivity index (χ0n) is 12.7. The van der Waals surface area contributed by atoms with Crippen LogP contribution in [0.1, 0.15) is 41.5 Å². The van der Waals surface area contributed by atoms with E-state index in [-0.39, 0.29) is 10.6 Å². The van der Waals surface area contributed by atoms with E-state index in [1.807, 2.05) is 20.8 Å².